The van der Waals surface area contributed by atoms with Gasteiger partial charge in [0.05, 0.1) is 0 Å². The molecule has 0 spiro atoms. The molecule has 248 valence electrons. The maximum absolute atomic E-state index is 13.2. The minimum Gasteiger partial charge on any atom is -0.506 e. The van der Waals surface area contributed by atoms with Gasteiger partial charge in [-0.05, 0) is 44.5 Å². The molecule has 6 aromatic rings. The van der Waals surface area contributed by atoms with Crippen LogP contribution in [0.25, 0.3) is 11.1 Å². The highest BCUT2D eigenvalue weighted by molar-refractivity contribution is 7.86. The molecule has 2 N–H and O–H groups in total. The van der Waals surface area contributed by atoms with Gasteiger partial charge < -0.3 is 5.11 Å². The molecule has 0 bridgehead atoms. The van der Waals surface area contributed by atoms with Crippen LogP contribution in [-0.4, -0.2) is 18.1 Å². The first-order valence-electron chi connectivity index (χ1n) is 16.8. The minimum atomic E-state index is -4.84. The molecule has 0 aliphatic rings. The smallest absolute Gasteiger partial charge is 0.298 e. The van der Waals surface area contributed by atoms with Crippen LogP contribution in [0.2, 0.25) is 0 Å². The lowest BCUT2D eigenvalue weighted by Crippen LogP contribution is -2.11. The second-order valence-corrected chi connectivity index (χ2v) is 14.3. The Balaban J connectivity index is 1.45. The summed E-state index contributed by atoms with van der Waals surface area (Å²) in [5.74, 6) is -0.660. The molecule has 4 atom stereocenters. The number of hydrogen-bond donors (Lipinski definition) is 2. The molecule has 4 nitrogen and oxygen atoms in total. The zero-order valence-electron chi connectivity index (χ0n) is 28.3. The summed E-state index contributed by atoms with van der Waals surface area (Å²) in [6.45, 7) is 8.34. The lowest BCUT2D eigenvalue weighted by Gasteiger charge is -2.25. The van der Waals surface area contributed by atoms with Crippen LogP contribution in [0.5, 0.6) is 5.75 Å². The minimum absolute atomic E-state index is 0.199. The van der Waals surface area contributed by atoms with Crippen molar-refractivity contribution >= 4 is 10.1 Å². The average molecular weight is 667 g/mol. The van der Waals surface area contributed by atoms with Crippen LogP contribution in [0.4, 0.5) is 0 Å². The molecule has 0 aromatic heterocycles. The molecular weight excluding hydrogens is 625 g/mol. The van der Waals surface area contributed by atoms with Crippen LogP contribution in [0.3, 0.4) is 0 Å². The molecule has 0 aliphatic heterocycles. The number of rotatable bonds is 10. The zero-order chi connectivity index (χ0) is 34.7. The highest BCUT2D eigenvalue weighted by atomic mass is 32.2. The summed E-state index contributed by atoms with van der Waals surface area (Å²) in [6, 6.07) is 48.4. The molecule has 0 aliphatic carbocycles. The van der Waals surface area contributed by atoms with Crippen molar-refractivity contribution in [2.24, 2.45) is 0 Å². The van der Waals surface area contributed by atoms with E-state index in [1.165, 1.54) is 16.7 Å². The first-order valence-corrected chi connectivity index (χ1v) is 18.2. The number of hydrogen-bond acceptors (Lipinski definition) is 3. The first kappa shape index (κ1) is 33.9. The largest absolute Gasteiger partial charge is 0.506 e. The van der Waals surface area contributed by atoms with Gasteiger partial charge in [0, 0.05) is 34.8 Å². The Morgan fingerprint density at radius 1 is 0.449 bits per heavy atom. The van der Waals surface area contributed by atoms with Crippen molar-refractivity contribution in [2.45, 2.75) is 56.3 Å². The van der Waals surface area contributed by atoms with Gasteiger partial charge in [-0.15, -0.1) is 0 Å². The van der Waals surface area contributed by atoms with Gasteiger partial charge in [-0.1, -0.05) is 173 Å². The van der Waals surface area contributed by atoms with Crippen LogP contribution in [0, 0.1) is 0 Å². The highest BCUT2D eigenvalue weighted by Crippen LogP contribution is 2.47. The molecule has 0 fully saturated rings. The van der Waals surface area contributed by atoms with E-state index >= 15 is 0 Å². The van der Waals surface area contributed by atoms with Crippen molar-refractivity contribution < 1.29 is 18.1 Å². The molecule has 0 amide bonds. The van der Waals surface area contributed by atoms with Crippen molar-refractivity contribution in [1.82, 2.24) is 0 Å². The van der Waals surface area contributed by atoms with Gasteiger partial charge in [0.2, 0.25) is 0 Å². The predicted octanol–water partition coefficient (Wildman–Crippen LogP) is 10.9. The number of phenols is 1. The van der Waals surface area contributed by atoms with Gasteiger partial charge in [0.25, 0.3) is 10.1 Å². The van der Waals surface area contributed by atoms with Crippen LogP contribution in [-0.2, 0) is 10.1 Å². The van der Waals surface area contributed by atoms with Gasteiger partial charge in [0.15, 0.2) is 0 Å². The Labute approximate surface area is 290 Å². The molecule has 5 heteroatoms. The number of phenolic OH excluding ortho intramolecular Hbond substituents is 1. The fraction of sp³-hybridized carbons (Fsp3) is 0.182. The number of aromatic hydroxyl groups is 1. The molecule has 0 heterocycles. The molecule has 6 rings (SSSR count). The average Bonchev–Trinajstić information content (AvgIpc) is 3.14. The monoisotopic (exact) mass is 666 g/mol. The van der Waals surface area contributed by atoms with Crippen molar-refractivity contribution in [1.29, 1.82) is 0 Å². The second-order valence-electron chi connectivity index (χ2n) is 13.0. The van der Waals surface area contributed by atoms with E-state index in [2.05, 4.69) is 74.5 Å². The lowest BCUT2D eigenvalue weighted by atomic mass is 9.81. The van der Waals surface area contributed by atoms with E-state index in [4.69, 9.17) is 0 Å². The summed E-state index contributed by atoms with van der Waals surface area (Å²) in [7, 11) is -4.84. The number of benzene rings is 6. The highest BCUT2D eigenvalue weighted by Gasteiger charge is 2.31. The van der Waals surface area contributed by atoms with Gasteiger partial charge >= 0.3 is 0 Å². The third-order valence-corrected chi connectivity index (χ3v) is 11.0. The quantitative estimate of drug-likeness (QED) is 0.143. The van der Waals surface area contributed by atoms with E-state index < -0.39 is 20.8 Å². The third-order valence-electron chi connectivity index (χ3n) is 10.0. The Hall–Kier alpha value is -4.97. The Kier molecular flexibility index (Phi) is 9.86. The van der Waals surface area contributed by atoms with Crippen molar-refractivity contribution in [3.05, 3.63) is 190 Å². The summed E-state index contributed by atoms with van der Waals surface area (Å²) < 4.78 is 37.0. The molecule has 49 heavy (non-hydrogen) atoms. The molecule has 4 unspecified atom stereocenters. The van der Waals surface area contributed by atoms with Crippen LogP contribution >= 0.6 is 0 Å². The van der Waals surface area contributed by atoms with Crippen molar-refractivity contribution in [3.63, 3.8) is 0 Å². The molecule has 0 radical (unpaired) electrons. The summed E-state index contributed by atoms with van der Waals surface area (Å²) >= 11 is 0. The van der Waals surface area contributed by atoms with Crippen LogP contribution in [0.15, 0.2) is 150 Å². The van der Waals surface area contributed by atoms with Gasteiger partial charge in [-0.25, -0.2) is 0 Å². The standard InChI is InChI=1S/C44H42O4S/c1-29(33-14-8-5-9-15-33)35-20-24-37(25-21-35)31(3)40-28-41(43(45)44(49(46,47)48)42(40)39-18-12-7-13-19-39)32(4)38-26-22-36(23-27-38)30(2)34-16-10-6-11-17-34/h5-32,45H,1-4H3,(H,46,47,48). The second kappa shape index (κ2) is 14.3. The maximum atomic E-state index is 13.2. The Morgan fingerprint density at radius 2 is 0.776 bits per heavy atom. The molecule has 6 aromatic carbocycles. The van der Waals surface area contributed by atoms with Crippen LogP contribution < -0.4 is 0 Å². The molecule has 0 saturated carbocycles. The van der Waals surface area contributed by atoms with Crippen molar-refractivity contribution in [2.75, 3.05) is 0 Å². The summed E-state index contributed by atoms with van der Waals surface area (Å²) in [5, 5.41) is 11.7. The molecule has 0 saturated heterocycles. The van der Waals surface area contributed by atoms with E-state index in [9.17, 15) is 18.1 Å². The van der Waals surface area contributed by atoms with E-state index in [1.54, 1.807) is 12.1 Å². The van der Waals surface area contributed by atoms with E-state index in [1.807, 2.05) is 86.6 Å². The van der Waals surface area contributed by atoms with Gasteiger partial charge in [0.1, 0.15) is 10.6 Å². The topological polar surface area (TPSA) is 74.6 Å². The maximum Gasteiger partial charge on any atom is 0.298 e. The van der Waals surface area contributed by atoms with E-state index in [0.717, 1.165) is 16.7 Å². The van der Waals surface area contributed by atoms with E-state index in [-0.39, 0.29) is 23.7 Å². The Bertz CT molecular complexity index is 2130. The zero-order valence-corrected chi connectivity index (χ0v) is 29.1. The first-order chi connectivity index (χ1) is 23.5. The normalized spacial score (nSPS) is 14.1. The van der Waals surface area contributed by atoms with Crippen LogP contribution in [0.1, 0.15) is 95.9 Å². The predicted molar refractivity (Wildman–Crippen MR) is 199 cm³/mol. The Morgan fingerprint density at radius 3 is 1.16 bits per heavy atom. The summed E-state index contributed by atoms with van der Waals surface area (Å²) in [5.41, 5.74) is 8.74. The lowest BCUT2D eigenvalue weighted by molar-refractivity contribution is 0.436. The molecular formula is C44H42O4S. The summed E-state index contributed by atoms with van der Waals surface area (Å²) in [6.07, 6.45) is 0. The fourth-order valence-electron chi connectivity index (χ4n) is 6.89. The van der Waals surface area contributed by atoms with E-state index in [0.29, 0.717) is 22.3 Å². The SMILES string of the molecule is CC(c1ccccc1)c1ccc(C(C)c2cc(C(C)c3ccc(C(C)c4ccccc4)cc3)c(-c3ccccc3)c(S(=O)(=O)O)c2O)cc1. The fourth-order valence-corrected chi connectivity index (χ4v) is 7.74. The third kappa shape index (κ3) is 7.10. The van der Waals surface area contributed by atoms with Gasteiger partial charge in [-0.3, -0.25) is 4.55 Å². The summed E-state index contributed by atoms with van der Waals surface area (Å²) in [4.78, 5) is -0.464. The van der Waals surface area contributed by atoms with Crippen molar-refractivity contribution in [3.8, 4) is 16.9 Å². The van der Waals surface area contributed by atoms with Gasteiger partial charge in [-0.2, -0.15) is 8.42 Å².